The highest BCUT2D eigenvalue weighted by atomic mass is 16.5. The van der Waals surface area contributed by atoms with E-state index in [9.17, 15) is 9.59 Å². The molecule has 2 aliphatic carbocycles. The summed E-state index contributed by atoms with van der Waals surface area (Å²) in [5, 5.41) is 9.01. The van der Waals surface area contributed by atoms with Crippen LogP contribution in [0.3, 0.4) is 0 Å². The third-order valence-electron chi connectivity index (χ3n) is 5.25. The second-order valence-corrected chi connectivity index (χ2v) is 6.53. The molecule has 1 heterocycles. The van der Waals surface area contributed by atoms with Gasteiger partial charge in [-0.1, -0.05) is 0 Å². The second kappa shape index (κ2) is 5.35. The van der Waals surface area contributed by atoms with Crippen LogP contribution in [0, 0.1) is 11.8 Å². The fourth-order valence-corrected chi connectivity index (χ4v) is 3.75. The molecule has 0 unspecified atom stereocenters. The van der Waals surface area contributed by atoms with Crippen LogP contribution in [-0.2, 0) is 14.3 Å². The van der Waals surface area contributed by atoms with Crippen LogP contribution in [-0.4, -0.2) is 47.2 Å². The Bertz CT molecular complexity index is 397. The summed E-state index contributed by atoms with van der Waals surface area (Å²) in [6, 6.07) is 0. The van der Waals surface area contributed by atoms with E-state index in [1.54, 1.807) is 0 Å². The number of aliphatic carboxylic acids is 1. The van der Waals surface area contributed by atoms with Crippen molar-refractivity contribution in [1.29, 1.82) is 0 Å². The third-order valence-corrected chi connectivity index (χ3v) is 5.25. The number of rotatable bonds is 2. The molecule has 112 valence electrons. The molecule has 0 aromatic rings. The van der Waals surface area contributed by atoms with E-state index >= 15 is 0 Å². The molecule has 5 heteroatoms. The van der Waals surface area contributed by atoms with Gasteiger partial charge in [0, 0.05) is 19.0 Å². The van der Waals surface area contributed by atoms with Crippen LogP contribution in [0.5, 0.6) is 0 Å². The van der Waals surface area contributed by atoms with Gasteiger partial charge in [0.15, 0.2) is 0 Å². The Balaban J connectivity index is 1.55. The van der Waals surface area contributed by atoms with Gasteiger partial charge in [0.25, 0.3) is 0 Å². The molecule has 0 bridgehead atoms. The minimum Gasteiger partial charge on any atom is -0.481 e. The zero-order valence-corrected chi connectivity index (χ0v) is 11.8. The minimum atomic E-state index is -0.712. The number of nitrogens with zero attached hydrogens (tertiary/aromatic N) is 1. The summed E-state index contributed by atoms with van der Waals surface area (Å²) in [6.45, 7) is 2.08. The summed E-state index contributed by atoms with van der Waals surface area (Å²) < 4.78 is 5.85. The molecule has 0 aromatic heterocycles. The lowest BCUT2D eigenvalue weighted by atomic mass is 9.77. The van der Waals surface area contributed by atoms with E-state index in [2.05, 4.69) is 0 Å². The summed E-state index contributed by atoms with van der Waals surface area (Å²) in [4.78, 5) is 25.5. The van der Waals surface area contributed by atoms with Gasteiger partial charge in [-0.15, -0.1) is 0 Å². The maximum Gasteiger partial charge on any atom is 0.306 e. The lowest BCUT2D eigenvalue weighted by molar-refractivity contribution is -0.171. The summed E-state index contributed by atoms with van der Waals surface area (Å²) >= 11 is 0. The van der Waals surface area contributed by atoms with Gasteiger partial charge in [-0.05, 0) is 44.9 Å². The van der Waals surface area contributed by atoms with Crippen molar-refractivity contribution in [3.8, 4) is 0 Å². The lowest BCUT2D eigenvalue weighted by Gasteiger charge is -2.49. The molecular formula is C15H23NO4. The normalized spacial score (nSPS) is 32.7. The van der Waals surface area contributed by atoms with Crippen molar-refractivity contribution in [3.05, 3.63) is 0 Å². The highest BCUT2D eigenvalue weighted by Crippen LogP contribution is 2.39. The Morgan fingerprint density at radius 3 is 2.30 bits per heavy atom. The van der Waals surface area contributed by atoms with Crippen LogP contribution in [0.4, 0.5) is 0 Å². The first-order chi connectivity index (χ1) is 9.60. The predicted molar refractivity (Wildman–Crippen MR) is 72.2 cm³/mol. The number of morpholine rings is 1. The highest BCUT2D eigenvalue weighted by molar-refractivity contribution is 5.79. The van der Waals surface area contributed by atoms with E-state index in [1.807, 2.05) is 4.90 Å². The standard InChI is InChI=1S/C15H23NO4/c17-13(11-2-4-12(5-3-11)14(18)19)16-8-9-20-15(10-16)6-1-7-15/h11-12H,1-10H2,(H,18,19). The average Bonchev–Trinajstić information content (AvgIpc) is 2.45. The number of carboxylic acids is 1. The molecule has 3 fully saturated rings. The minimum absolute atomic E-state index is 0.0285. The van der Waals surface area contributed by atoms with Crippen LogP contribution >= 0.6 is 0 Å². The average molecular weight is 281 g/mol. The molecule has 1 N–H and O–H groups in total. The van der Waals surface area contributed by atoms with E-state index in [4.69, 9.17) is 9.84 Å². The van der Waals surface area contributed by atoms with Gasteiger partial charge < -0.3 is 14.7 Å². The summed E-state index contributed by atoms with van der Waals surface area (Å²) in [6.07, 6.45) is 6.07. The molecule has 0 aromatic carbocycles. The zero-order valence-electron chi connectivity index (χ0n) is 11.8. The van der Waals surface area contributed by atoms with Crippen LogP contribution in [0.2, 0.25) is 0 Å². The predicted octanol–water partition coefficient (Wildman–Crippen LogP) is 1.66. The number of carbonyl (C=O) groups excluding carboxylic acids is 1. The number of hydrogen-bond acceptors (Lipinski definition) is 3. The van der Waals surface area contributed by atoms with E-state index < -0.39 is 5.97 Å². The smallest absolute Gasteiger partial charge is 0.306 e. The SMILES string of the molecule is O=C(O)C1CCC(C(=O)N2CCOC3(CCC3)C2)CC1. The lowest BCUT2D eigenvalue weighted by Crippen LogP contribution is -2.58. The highest BCUT2D eigenvalue weighted by Gasteiger charge is 2.44. The van der Waals surface area contributed by atoms with E-state index in [-0.39, 0.29) is 23.3 Å². The van der Waals surface area contributed by atoms with Gasteiger partial charge >= 0.3 is 5.97 Å². The van der Waals surface area contributed by atoms with Crippen LogP contribution in [0.1, 0.15) is 44.9 Å². The first-order valence-electron chi connectivity index (χ1n) is 7.75. The monoisotopic (exact) mass is 281 g/mol. The van der Waals surface area contributed by atoms with E-state index in [1.165, 1.54) is 6.42 Å². The van der Waals surface area contributed by atoms with Crippen molar-refractivity contribution in [3.63, 3.8) is 0 Å². The number of ether oxygens (including phenoxy) is 1. The van der Waals surface area contributed by atoms with Gasteiger partial charge in [0.05, 0.1) is 18.1 Å². The second-order valence-electron chi connectivity index (χ2n) is 6.53. The molecule has 1 spiro atoms. The molecule has 0 atom stereocenters. The quantitative estimate of drug-likeness (QED) is 0.836. The van der Waals surface area contributed by atoms with Crippen molar-refractivity contribution >= 4 is 11.9 Å². The summed E-state index contributed by atoms with van der Waals surface area (Å²) in [5.41, 5.74) is -0.0494. The zero-order chi connectivity index (χ0) is 14.2. The first-order valence-corrected chi connectivity index (χ1v) is 7.75. The molecule has 0 radical (unpaired) electrons. The Labute approximate surface area is 119 Å². The molecular weight excluding hydrogens is 258 g/mol. The van der Waals surface area contributed by atoms with Crippen molar-refractivity contribution in [2.24, 2.45) is 11.8 Å². The van der Waals surface area contributed by atoms with E-state index in [0.29, 0.717) is 26.0 Å². The molecule has 3 rings (SSSR count). The van der Waals surface area contributed by atoms with Gasteiger partial charge in [-0.25, -0.2) is 0 Å². The molecule has 5 nitrogen and oxygen atoms in total. The number of amides is 1. The van der Waals surface area contributed by atoms with Crippen molar-refractivity contribution < 1.29 is 19.4 Å². The molecule has 2 saturated carbocycles. The maximum absolute atomic E-state index is 12.6. The number of hydrogen-bond donors (Lipinski definition) is 1. The Morgan fingerprint density at radius 1 is 1.10 bits per heavy atom. The molecule has 3 aliphatic rings. The Morgan fingerprint density at radius 2 is 1.75 bits per heavy atom. The van der Waals surface area contributed by atoms with Crippen molar-refractivity contribution in [1.82, 2.24) is 4.90 Å². The third kappa shape index (κ3) is 2.55. The van der Waals surface area contributed by atoms with Gasteiger partial charge in [0.2, 0.25) is 5.91 Å². The van der Waals surface area contributed by atoms with Crippen LogP contribution in [0.15, 0.2) is 0 Å². The molecule has 1 amide bonds. The fraction of sp³-hybridized carbons (Fsp3) is 0.867. The molecule has 1 saturated heterocycles. The Kier molecular flexibility index (Phi) is 3.71. The summed E-state index contributed by atoms with van der Waals surface area (Å²) in [7, 11) is 0. The van der Waals surface area contributed by atoms with Crippen molar-refractivity contribution in [2.45, 2.75) is 50.5 Å². The van der Waals surface area contributed by atoms with Gasteiger partial charge in [-0.2, -0.15) is 0 Å². The number of carboxylic acid groups (broad SMARTS) is 1. The van der Waals surface area contributed by atoms with Crippen LogP contribution < -0.4 is 0 Å². The van der Waals surface area contributed by atoms with Gasteiger partial charge in [-0.3, -0.25) is 9.59 Å². The van der Waals surface area contributed by atoms with Crippen LogP contribution in [0.25, 0.3) is 0 Å². The summed E-state index contributed by atoms with van der Waals surface area (Å²) in [5.74, 6) is -0.707. The first kappa shape index (κ1) is 13.9. The molecule has 1 aliphatic heterocycles. The topological polar surface area (TPSA) is 66.8 Å². The Hall–Kier alpha value is -1.10. The number of carbonyl (C=O) groups is 2. The maximum atomic E-state index is 12.6. The molecule has 20 heavy (non-hydrogen) atoms. The van der Waals surface area contributed by atoms with Crippen molar-refractivity contribution in [2.75, 3.05) is 19.7 Å². The fourth-order valence-electron chi connectivity index (χ4n) is 3.75. The van der Waals surface area contributed by atoms with E-state index in [0.717, 1.165) is 32.2 Å². The largest absolute Gasteiger partial charge is 0.481 e. The van der Waals surface area contributed by atoms with Gasteiger partial charge in [0.1, 0.15) is 0 Å².